The fourth-order valence-corrected chi connectivity index (χ4v) is 4.92. The number of fused-ring (bicyclic) bond motifs is 1. The van der Waals surface area contributed by atoms with E-state index in [0.717, 1.165) is 36.8 Å². The zero-order valence-corrected chi connectivity index (χ0v) is 20.7. The van der Waals surface area contributed by atoms with Crippen LogP contribution < -0.4 is 4.90 Å². The first-order valence-electron chi connectivity index (χ1n) is 12.4. The van der Waals surface area contributed by atoms with Crippen LogP contribution in [0.15, 0.2) is 59.3 Å². The summed E-state index contributed by atoms with van der Waals surface area (Å²) in [6, 6.07) is 12.8. The SMILES string of the molecule is CC(C)N(c1nn(-c2ccc(-c3cc4ncccc4o3)cc2)cc1C(=O)O)C(=O)[C@H]1CC[C@H](C)CC1. The molecule has 3 heterocycles. The highest BCUT2D eigenvalue weighted by Crippen LogP contribution is 2.33. The maximum atomic E-state index is 13.5. The van der Waals surface area contributed by atoms with E-state index < -0.39 is 5.97 Å². The number of nitrogens with zero attached hydrogens (tertiary/aromatic N) is 4. The van der Waals surface area contributed by atoms with Crippen molar-refractivity contribution in [2.45, 2.75) is 52.5 Å². The Morgan fingerprint density at radius 3 is 2.47 bits per heavy atom. The Hall–Kier alpha value is -3.94. The van der Waals surface area contributed by atoms with Crippen molar-refractivity contribution in [3.63, 3.8) is 0 Å². The number of furan rings is 1. The zero-order valence-electron chi connectivity index (χ0n) is 20.7. The van der Waals surface area contributed by atoms with Crippen LogP contribution in [0.25, 0.3) is 28.1 Å². The normalized spacial score (nSPS) is 18.0. The van der Waals surface area contributed by atoms with Crippen LogP contribution in [0.1, 0.15) is 56.8 Å². The van der Waals surface area contributed by atoms with Crippen LogP contribution in [0.2, 0.25) is 0 Å². The molecule has 0 radical (unpaired) electrons. The molecule has 0 unspecified atom stereocenters. The van der Waals surface area contributed by atoms with Gasteiger partial charge in [-0.1, -0.05) is 6.92 Å². The summed E-state index contributed by atoms with van der Waals surface area (Å²) in [4.78, 5) is 31.5. The van der Waals surface area contributed by atoms with Crippen molar-refractivity contribution in [3.05, 3.63) is 60.4 Å². The largest absolute Gasteiger partial charge is 0.477 e. The van der Waals surface area contributed by atoms with Gasteiger partial charge in [-0.2, -0.15) is 0 Å². The van der Waals surface area contributed by atoms with Gasteiger partial charge in [-0.3, -0.25) is 14.7 Å². The third-order valence-corrected chi connectivity index (χ3v) is 6.98. The molecular weight excluding hydrogens is 456 g/mol. The van der Waals surface area contributed by atoms with Crippen LogP contribution in [-0.4, -0.2) is 37.8 Å². The first-order valence-corrected chi connectivity index (χ1v) is 12.4. The predicted octanol–water partition coefficient (Wildman–Crippen LogP) is 5.95. The number of hydrogen-bond donors (Lipinski definition) is 1. The number of amides is 1. The Kier molecular flexibility index (Phi) is 6.35. The van der Waals surface area contributed by atoms with Crippen molar-refractivity contribution < 1.29 is 19.1 Å². The van der Waals surface area contributed by atoms with Gasteiger partial charge in [0, 0.05) is 36.0 Å². The van der Waals surface area contributed by atoms with Crippen LogP contribution in [0, 0.1) is 11.8 Å². The third kappa shape index (κ3) is 4.51. The number of carbonyl (C=O) groups excluding carboxylic acids is 1. The molecular formula is C28H30N4O4. The minimum Gasteiger partial charge on any atom is -0.477 e. The van der Waals surface area contributed by atoms with E-state index in [0.29, 0.717) is 22.9 Å². The summed E-state index contributed by atoms with van der Waals surface area (Å²) in [5.41, 5.74) is 3.06. The number of rotatable bonds is 6. The van der Waals surface area contributed by atoms with E-state index in [1.54, 1.807) is 11.1 Å². The molecule has 3 aromatic heterocycles. The van der Waals surface area contributed by atoms with Crippen molar-refractivity contribution in [2.24, 2.45) is 11.8 Å². The minimum atomic E-state index is -1.11. The highest BCUT2D eigenvalue weighted by atomic mass is 16.4. The van der Waals surface area contributed by atoms with E-state index in [2.05, 4.69) is 17.0 Å². The van der Waals surface area contributed by atoms with E-state index in [4.69, 9.17) is 4.42 Å². The van der Waals surface area contributed by atoms with Crippen molar-refractivity contribution in [3.8, 4) is 17.0 Å². The van der Waals surface area contributed by atoms with E-state index in [1.165, 1.54) is 10.9 Å². The summed E-state index contributed by atoms with van der Waals surface area (Å²) in [5, 5.41) is 14.5. The molecule has 4 aromatic rings. The molecule has 0 aliphatic heterocycles. The Bertz CT molecular complexity index is 1360. The molecule has 5 rings (SSSR count). The Labute approximate surface area is 209 Å². The molecule has 1 aliphatic rings. The second kappa shape index (κ2) is 9.60. The molecule has 36 heavy (non-hydrogen) atoms. The quantitative estimate of drug-likeness (QED) is 0.362. The van der Waals surface area contributed by atoms with Crippen molar-refractivity contribution in [2.75, 3.05) is 4.90 Å². The van der Waals surface area contributed by atoms with Crippen LogP contribution in [0.3, 0.4) is 0 Å². The molecule has 186 valence electrons. The number of anilines is 1. The molecule has 1 amide bonds. The van der Waals surface area contributed by atoms with Crippen LogP contribution >= 0.6 is 0 Å². The topological polar surface area (TPSA) is 101 Å². The lowest BCUT2D eigenvalue weighted by atomic mass is 9.82. The van der Waals surface area contributed by atoms with Gasteiger partial charge in [0.05, 0.1) is 5.69 Å². The average molecular weight is 487 g/mol. The molecule has 1 aromatic carbocycles. The molecule has 0 bridgehead atoms. The first-order chi connectivity index (χ1) is 17.3. The van der Waals surface area contributed by atoms with Crippen LogP contribution in [-0.2, 0) is 4.79 Å². The number of pyridine rings is 1. The molecule has 0 atom stereocenters. The molecule has 8 nitrogen and oxygen atoms in total. The second-order valence-corrected chi connectivity index (χ2v) is 9.92. The second-order valence-electron chi connectivity index (χ2n) is 9.92. The van der Waals surface area contributed by atoms with E-state index >= 15 is 0 Å². The number of hydrogen-bond acceptors (Lipinski definition) is 5. The molecule has 0 spiro atoms. The molecule has 1 fully saturated rings. The zero-order chi connectivity index (χ0) is 25.4. The smallest absolute Gasteiger partial charge is 0.341 e. The number of carbonyl (C=O) groups is 2. The average Bonchev–Trinajstić information content (AvgIpc) is 3.49. The first kappa shape index (κ1) is 23.8. The lowest BCUT2D eigenvalue weighted by Crippen LogP contribution is -2.43. The monoisotopic (exact) mass is 486 g/mol. The van der Waals surface area contributed by atoms with Crippen LogP contribution in [0.4, 0.5) is 5.82 Å². The van der Waals surface area contributed by atoms with Gasteiger partial charge >= 0.3 is 5.97 Å². The number of carboxylic acids is 1. The van der Waals surface area contributed by atoms with E-state index in [-0.39, 0.29) is 29.2 Å². The van der Waals surface area contributed by atoms with Crippen molar-refractivity contribution in [1.29, 1.82) is 0 Å². The van der Waals surface area contributed by atoms with E-state index in [9.17, 15) is 14.7 Å². The fourth-order valence-electron chi connectivity index (χ4n) is 4.92. The van der Waals surface area contributed by atoms with Crippen molar-refractivity contribution >= 4 is 28.8 Å². The minimum absolute atomic E-state index is 0.00802. The molecule has 1 N–H and O–H groups in total. The molecule has 0 saturated heterocycles. The lowest BCUT2D eigenvalue weighted by Gasteiger charge is -2.32. The number of carboxylic acid groups (broad SMARTS) is 1. The standard InChI is InChI=1S/C28H30N4O4/c1-17(2)32(27(33)20-8-6-18(3)7-9-20)26-22(28(34)35)16-31(30-26)21-12-10-19(11-13-21)25-15-23-24(36-25)5-4-14-29-23/h4-5,10-18,20H,6-9H2,1-3H3,(H,34,35)/t18-,20-. The summed E-state index contributed by atoms with van der Waals surface area (Å²) in [5.74, 6) is 0.244. The molecule has 1 saturated carbocycles. The van der Waals surface area contributed by atoms with E-state index in [1.807, 2.05) is 56.3 Å². The maximum absolute atomic E-state index is 13.5. The highest BCUT2D eigenvalue weighted by molar-refractivity contribution is 6.01. The van der Waals surface area contributed by atoms with Gasteiger partial charge in [0.15, 0.2) is 11.4 Å². The maximum Gasteiger partial charge on any atom is 0.341 e. The Morgan fingerprint density at radius 1 is 1.11 bits per heavy atom. The highest BCUT2D eigenvalue weighted by Gasteiger charge is 2.34. The van der Waals surface area contributed by atoms with Gasteiger partial charge in [0.25, 0.3) is 0 Å². The third-order valence-electron chi connectivity index (χ3n) is 6.98. The van der Waals surface area contributed by atoms with Gasteiger partial charge in [0.1, 0.15) is 16.8 Å². The van der Waals surface area contributed by atoms with Gasteiger partial charge in [-0.15, -0.1) is 5.10 Å². The summed E-state index contributed by atoms with van der Waals surface area (Å²) < 4.78 is 7.42. The fraction of sp³-hybridized carbons (Fsp3) is 0.357. The van der Waals surface area contributed by atoms with Gasteiger partial charge < -0.3 is 9.52 Å². The number of aromatic carboxylic acids is 1. The molecule has 8 heteroatoms. The number of aromatic nitrogens is 3. The van der Waals surface area contributed by atoms with Gasteiger partial charge in [-0.05, 0) is 81.8 Å². The Morgan fingerprint density at radius 2 is 1.83 bits per heavy atom. The summed E-state index contributed by atoms with van der Waals surface area (Å²) in [6.07, 6.45) is 6.87. The van der Waals surface area contributed by atoms with Gasteiger partial charge in [0.2, 0.25) is 5.91 Å². The Balaban J connectivity index is 1.46. The molecule has 1 aliphatic carbocycles. The van der Waals surface area contributed by atoms with Gasteiger partial charge in [-0.25, -0.2) is 9.48 Å². The lowest BCUT2D eigenvalue weighted by molar-refractivity contribution is -0.124. The summed E-state index contributed by atoms with van der Waals surface area (Å²) in [6.45, 7) is 6.00. The van der Waals surface area contributed by atoms with Crippen LogP contribution in [0.5, 0.6) is 0 Å². The number of benzene rings is 1. The summed E-state index contributed by atoms with van der Waals surface area (Å²) >= 11 is 0. The summed E-state index contributed by atoms with van der Waals surface area (Å²) in [7, 11) is 0. The van der Waals surface area contributed by atoms with Crippen molar-refractivity contribution in [1.82, 2.24) is 14.8 Å². The predicted molar refractivity (Wildman–Crippen MR) is 137 cm³/mol.